The summed E-state index contributed by atoms with van der Waals surface area (Å²) in [7, 11) is 0. The summed E-state index contributed by atoms with van der Waals surface area (Å²) in [5, 5.41) is 13.0. The second-order valence-electron chi connectivity index (χ2n) is 9.39. The molecule has 36 heavy (non-hydrogen) atoms. The maximum Gasteiger partial charge on any atom is 0.338 e. The molecule has 6 atom stereocenters. The van der Waals surface area contributed by atoms with Crippen LogP contribution < -0.4 is 5.32 Å². The quantitative estimate of drug-likeness (QED) is 0.509. The second kappa shape index (κ2) is 11.9. The van der Waals surface area contributed by atoms with Crippen molar-refractivity contribution in [1.29, 1.82) is 0 Å². The highest BCUT2D eigenvalue weighted by atomic mass is 19.1. The van der Waals surface area contributed by atoms with Gasteiger partial charge in [0, 0.05) is 18.9 Å². The molecule has 9 heteroatoms. The predicted molar refractivity (Wildman–Crippen MR) is 127 cm³/mol. The van der Waals surface area contributed by atoms with Gasteiger partial charge in [0.25, 0.3) is 0 Å². The number of rotatable bonds is 9. The van der Waals surface area contributed by atoms with Gasteiger partial charge in [-0.2, -0.15) is 0 Å². The van der Waals surface area contributed by atoms with E-state index in [1.807, 2.05) is 44.2 Å². The fourth-order valence-corrected chi connectivity index (χ4v) is 4.45. The number of nitrogens with one attached hydrogen (secondary N) is 1. The number of esters is 1. The standard InChI is InChI=1S/C27H32FNO7/c1-16(2)26(31)29-13-20-12-21-23(34-20)25(33-15-17-6-4-3-5-7-17)24(22(14-30)35-21)36-27(32)18-8-10-19(28)11-9-18/h3-11,16,20-25,30H,12-15H2,1-2H3,(H,29,31)/t20?,21-,22-,23+,24-,25-/m1/s1. The summed E-state index contributed by atoms with van der Waals surface area (Å²) >= 11 is 0. The molecule has 8 nitrogen and oxygen atoms in total. The van der Waals surface area contributed by atoms with Gasteiger partial charge in [-0.15, -0.1) is 0 Å². The number of aliphatic hydroxyl groups is 1. The summed E-state index contributed by atoms with van der Waals surface area (Å²) in [6, 6.07) is 14.5. The third-order valence-electron chi connectivity index (χ3n) is 6.39. The number of carbonyl (C=O) groups is 2. The predicted octanol–water partition coefficient (Wildman–Crippen LogP) is 2.63. The van der Waals surface area contributed by atoms with Crippen LogP contribution in [0.1, 0.15) is 36.2 Å². The monoisotopic (exact) mass is 501 g/mol. The van der Waals surface area contributed by atoms with Crippen molar-refractivity contribution in [2.75, 3.05) is 13.2 Å². The maximum absolute atomic E-state index is 13.3. The first-order valence-electron chi connectivity index (χ1n) is 12.2. The average Bonchev–Trinajstić information content (AvgIpc) is 3.29. The Morgan fingerprint density at radius 3 is 2.47 bits per heavy atom. The molecule has 4 rings (SSSR count). The molecular formula is C27H32FNO7. The van der Waals surface area contributed by atoms with Crippen molar-refractivity contribution >= 4 is 11.9 Å². The summed E-state index contributed by atoms with van der Waals surface area (Å²) in [4.78, 5) is 24.9. The van der Waals surface area contributed by atoms with Gasteiger partial charge in [-0.05, 0) is 29.8 Å². The van der Waals surface area contributed by atoms with Crippen LogP contribution in [0.25, 0.3) is 0 Å². The van der Waals surface area contributed by atoms with E-state index in [1.54, 1.807) is 0 Å². The number of halogens is 1. The van der Waals surface area contributed by atoms with Crippen LogP contribution in [0.2, 0.25) is 0 Å². The maximum atomic E-state index is 13.3. The number of benzene rings is 2. The molecule has 0 aliphatic carbocycles. The van der Waals surface area contributed by atoms with Crippen LogP contribution in [0.3, 0.4) is 0 Å². The highest BCUT2D eigenvalue weighted by Gasteiger charge is 2.53. The van der Waals surface area contributed by atoms with Crippen molar-refractivity contribution in [3.8, 4) is 0 Å². The highest BCUT2D eigenvalue weighted by Crippen LogP contribution is 2.36. The molecule has 194 valence electrons. The van der Waals surface area contributed by atoms with Crippen LogP contribution in [0.5, 0.6) is 0 Å². The normalized spacial score (nSPS) is 27.5. The van der Waals surface area contributed by atoms with Crippen molar-refractivity contribution < 1.29 is 38.0 Å². The van der Waals surface area contributed by atoms with E-state index in [2.05, 4.69) is 5.32 Å². The molecular weight excluding hydrogens is 469 g/mol. The minimum absolute atomic E-state index is 0.0781. The zero-order valence-corrected chi connectivity index (χ0v) is 20.3. The molecule has 2 aromatic rings. The van der Waals surface area contributed by atoms with E-state index >= 15 is 0 Å². The first-order valence-corrected chi connectivity index (χ1v) is 12.2. The topological polar surface area (TPSA) is 103 Å². The van der Waals surface area contributed by atoms with Crippen molar-refractivity contribution in [2.45, 2.75) is 63.5 Å². The lowest BCUT2D eigenvalue weighted by molar-refractivity contribution is -0.233. The highest BCUT2D eigenvalue weighted by molar-refractivity contribution is 5.89. The van der Waals surface area contributed by atoms with Gasteiger partial charge in [-0.25, -0.2) is 9.18 Å². The fourth-order valence-electron chi connectivity index (χ4n) is 4.45. The van der Waals surface area contributed by atoms with E-state index in [0.29, 0.717) is 13.0 Å². The number of hydrogen-bond donors (Lipinski definition) is 2. The summed E-state index contributed by atoms with van der Waals surface area (Å²) in [6.45, 7) is 3.77. The van der Waals surface area contributed by atoms with E-state index in [9.17, 15) is 19.1 Å². The number of aliphatic hydroxyl groups excluding tert-OH is 1. The molecule has 0 spiro atoms. The van der Waals surface area contributed by atoms with Crippen LogP contribution in [0.4, 0.5) is 4.39 Å². The first-order chi connectivity index (χ1) is 17.4. The van der Waals surface area contributed by atoms with Gasteiger partial charge in [-0.1, -0.05) is 44.2 Å². The summed E-state index contributed by atoms with van der Waals surface area (Å²) in [5.74, 6) is -1.39. The van der Waals surface area contributed by atoms with Crippen LogP contribution in [-0.2, 0) is 30.3 Å². The van der Waals surface area contributed by atoms with Gasteiger partial charge >= 0.3 is 5.97 Å². The average molecular weight is 502 g/mol. The summed E-state index contributed by atoms with van der Waals surface area (Å²) in [5.41, 5.74) is 1.09. The molecule has 0 radical (unpaired) electrons. The summed E-state index contributed by atoms with van der Waals surface area (Å²) in [6.07, 6.45) is -3.38. The molecule has 2 aliphatic rings. The molecule has 2 N–H and O–H groups in total. The van der Waals surface area contributed by atoms with Gasteiger partial charge in [0.2, 0.25) is 5.91 Å². The smallest absolute Gasteiger partial charge is 0.338 e. The Balaban J connectivity index is 1.53. The Bertz CT molecular complexity index is 1020. The van der Waals surface area contributed by atoms with Gasteiger partial charge < -0.3 is 29.4 Å². The van der Waals surface area contributed by atoms with Crippen LogP contribution >= 0.6 is 0 Å². The molecule has 2 heterocycles. The Labute approximate surface area is 209 Å². The zero-order valence-electron chi connectivity index (χ0n) is 20.3. The summed E-state index contributed by atoms with van der Waals surface area (Å²) < 4.78 is 37.7. The van der Waals surface area contributed by atoms with Gasteiger partial charge in [-0.3, -0.25) is 4.79 Å². The number of amides is 1. The van der Waals surface area contributed by atoms with Crippen LogP contribution in [-0.4, -0.2) is 66.8 Å². The fraction of sp³-hybridized carbons (Fsp3) is 0.481. The molecule has 1 amide bonds. The molecule has 2 aromatic carbocycles. The minimum atomic E-state index is -0.971. The minimum Gasteiger partial charge on any atom is -0.453 e. The van der Waals surface area contributed by atoms with E-state index in [-0.39, 0.29) is 30.1 Å². The van der Waals surface area contributed by atoms with E-state index in [0.717, 1.165) is 5.56 Å². The Hall–Kier alpha value is -2.85. The van der Waals surface area contributed by atoms with E-state index < -0.39 is 48.9 Å². The molecule has 0 aromatic heterocycles. The van der Waals surface area contributed by atoms with Crippen LogP contribution in [0, 0.1) is 11.7 Å². The molecule has 2 fully saturated rings. The lowest BCUT2D eigenvalue weighted by Crippen LogP contribution is -2.59. The number of fused-ring (bicyclic) bond motifs is 1. The SMILES string of the molecule is CC(C)C(=O)NCC1C[C@H]2O[C@H](CO)[C@@H](OC(=O)c3ccc(F)cc3)[C@H](OCc3ccccc3)[C@H]2O1. The van der Waals surface area contributed by atoms with Gasteiger partial charge in [0.05, 0.1) is 31.0 Å². The van der Waals surface area contributed by atoms with Crippen LogP contribution in [0.15, 0.2) is 54.6 Å². The van der Waals surface area contributed by atoms with Gasteiger partial charge in [0.1, 0.15) is 24.1 Å². The third-order valence-corrected chi connectivity index (χ3v) is 6.39. The zero-order chi connectivity index (χ0) is 25.7. The number of hydrogen-bond acceptors (Lipinski definition) is 7. The number of ether oxygens (including phenoxy) is 4. The lowest BCUT2D eigenvalue weighted by Gasteiger charge is -2.42. The molecule has 1 unspecified atom stereocenters. The van der Waals surface area contributed by atoms with Crippen molar-refractivity contribution in [3.63, 3.8) is 0 Å². The lowest BCUT2D eigenvalue weighted by atomic mass is 9.94. The van der Waals surface area contributed by atoms with Crippen molar-refractivity contribution in [1.82, 2.24) is 5.32 Å². The third kappa shape index (κ3) is 6.28. The van der Waals surface area contributed by atoms with E-state index in [4.69, 9.17) is 18.9 Å². The molecule has 2 aliphatic heterocycles. The van der Waals surface area contributed by atoms with E-state index in [1.165, 1.54) is 24.3 Å². The Morgan fingerprint density at radius 1 is 1.08 bits per heavy atom. The van der Waals surface area contributed by atoms with Crippen molar-refractivity contribution in [3.05, 3.63) is 71.5 Å². The largest absolute Gasteiger partial charge is 0.453 e. The molecule has 0 saturated carbocycles. The second-order valence-corrected chi connectivity index (χ2v) is 9.39. The molecule has 2 saturated heterocycles. The number of carbonyl (C=O) groups excluding carboxylic acids is 2. The Morgan fingerprint density at radius 2 is 1.81 bits per heavy atom. The van der Waals surface area contributed by atoms with Gasteiger partial charge in [0.15, 0.2) is 6.10 Å². The Kier molecular flexibility index (Phi) is 8.68. The molecule has 0 bridgehead atoms. The first kappa shape index (κ1) is 26.2. The van der Waals surface area contributed by atoms with Crippen molar-refractivity contribution in [2.24, 2.45) is 5.92 Å².